The average Bonchev–Trinajstić information content (AvgIpc) is 3.02. The van der Waals surface area contributed by atoms with Crippen LogP contribution < -0.4 is 10.1 Å². The highest BCUT2D eigenvalue weighted by Crippen LogP contribution is 2.34. The van der Waals surface area contributed by atoms with Crippen LogP contribution in [0, 0.1) is 27.7 Å². The van der Waals surface area contributed by atoms with E-state index in [0.717, 1.165) is 39.1 Å². The molecule has 1 N–H and O–H groups in total. The van der Waals surface area contributed by atoms with Gasteiger partial charge in [-0.05, 0) is 67.6 Å². The van der Waals surface area contributed by atoms with Crippen molar-refractivity contribution in [1.82, 2.24) is 4.90 Å². The molecule has 0 unspecified atom stereocenters. The normalized spacial score (nSPS) is 13.7. The molecular formula is C28H28N2O3. The van der Waals surface area contributed by atoms with E-state index in [2.05, 4.69) is 5.32 Å². The summed E-state index contributed by atoms with van der Waals surface area (Å²) in [6, 6.07) is 19.3. The van der Waals surface area contributed by atoms with Crippen LogP contribution in [0.1, 0.15) is 33.4 Å². The number of benzene rings is 3. The molecule has 5 heteroatoms. The van der Waals surface area contributed by atoms with Crippen molar-refractivity contribution in [3.05, 3.63) is 99.7 Å². The summed E-state index contributed by atoms with van der Waals surface area (Å²) in [4.78, 5) is 28.5. The number of rotatable bonds is 6. The first kappa shape index (κ1) is 22.3. The van der Waals surface area contributed by atoms with Crippen molar-refractivity contribution in [2.24, 2.45) is 0 Å². The fraction of sp³-hybridized carbons (Fsp3) is 0.214. The lowest BCUT2D eigenvalue weighted by Crippen LogP contribution is -2.32. The summed E-state index contributed by atoms with van der Waals surface area (Å²) >= 11 is 0. The monoisotopic (exact) mass is 440 g/mol. The van der Waals surface area contributed by atoms with Gasteiger partial charge in [0.1, 0.15) is 11.4 Å². The Kier molecular flexibility index (Phi) is 6.05. The van der Waals surface area contributed by atoms with Crippen LogP contribution in [0.5, 0.6) is 5.75 Å². The van der Waals surface area contributed by atoms with Crippen LogP contribution >= 0.6 is 0 Å². The molecule has 0 saturated heterocycles. The lowest BCUT2D eigenvalue weighted by atomic mass is 9.99. The smallest absolute Gasteiger partial charge is 0.278 e. The Morgan fingerprint density at radius 3 is 2.27 bits per heavy atom. The molecule has 168 valence electrons. The number of methoxy groups -OCH3 is 1. The fourth-order valence-electron chi connectivity index (χ4n) is 4.01. The van der Waals surface area contributed by atoms with E-state index in [1.807, 2.05) is 88.4 Å². The van der Waals surface area contributed by atoms with Gasteiger partial charge < -0.3 is 10.1 Å². The maximum absolute atomic E-state index is 13.6. The molecule has 2 amide bonds. The van der Waals surface area contributed by atoms with E-state index in [1.165, 1.54) is 4.90 Å². The second kappa shape index (κ2) is 8.94. The largest absolute Gasteiger partial charge is 0.496 e. The Labute approximate surface area is 194 Å². The van der Waals surface area contributed by atoms with Crippen LogP contribution in [-0.2, 0) is 16.1 Å². The van der Waals surface area contributed by atoms with Gasteiger partial charge >= 0.3 is 0 Å². The third-order valence-electron chi connectivity index (χ3n) is 6.14. The Morgan fingerprint density at radius 1 is 0.818 bits per heavy atom. The summed E-state index contributed by atoms with van der Waals surface area (Å²) < 4.78 is 5.44. The van der Waals surface area contributed by atoms with E-state index in [1.54, 1.807) is 7.11 Å². The molecule has 0 saturated carbocycles. The Morgan fingerprint density at radius 2 is 1.55 bits per heavy atom. The maximum atomic E-state index is 13.6. The van der Waals surface area contributed by atoms with Crippen molar-refractivity contribution in [3.63, 3.8) is 0 Å². The maximum Gasteiger partial charge on any atom is 0.278 e. The molecule has 0 atom stereocenters. The zero-order valence-corrected chi connectivity index (χ0v) is 19.7. The number of imide groups is 1. The zero-order valence-electron chi connectivity index (χ0n) is 19.7. The number of para-hydroxylation sites is 1. The molecule has 0 aliphatic carbocycles. The summed E-state index contributed by atoms with van der Waals surface area (Å²) in [6.45, 7) is 8.14. The second-order valence-electron chi connectivity index (χ2n) is 8.50. The molecule has 3 aromatic carbocycles. The quantitative estimate of drug-likeness (QED) is 0.527. The third-order valence-corrected chi connectivity index (χ3v) is 6.14. The Hall–Kier alpha value is -3.86. The highest BCUT2D eigenvalue weighted by molar-refractivity contribution is 6.36. The van der Waals surface area contributed by atoms with Crippen molar-refractivity contribution < 1.29 is 14.3 Å². The van der Waals surface area contributed by atoms with E-state index >= 15 is 0 Å². The van der Waals surface area contributed by atoms with E-state index in [0.29, 0.717) is 17.0 Å². The first-order valence-electron chi connectivity index (χ1n) is 10.9. The number of ether oxygens (including phenoxy) is 1. The molecule has 0 spiro atoms. The minimum atomic E-state index is -0.347. The molecule has 1 aliphatic heterocycles. The van der Waals surface area contributed by atoms with Crippen LogP contribution in [0.3, 0.4) is 0 Å². The summed E-state index contributed by atoms with van der Waals surface area (Å²) in [5.74, 6) is -0.0243. The van der Waals surface area contributed by atoms with Gasteiger partial charge in [0.15, 0.2) is 0 Å². The number of nitrogens with zero attached hydrogens (tertiary/aromatic N) is 1. The predicted octanol–water partition coefficient (Wildman–Crippen LogP) is 5.32. The van der Waals surface area contributed by atoms with Gasteiger partial charge in [-0.25, -0.2) is 0 Å². The molecule has 1 aliphatic rings. The second-order valence-corrected chi connectivity index (χ2v) is 8.50. The van der Waals surface area contributed by atoms with Crippen molar-refractivity contribution >= 4 is 23.1 Å². The average molecular weight is 441 g/mol. The Bertz CT molecular complexity index is 1290. The van der Waals surface area contributed by atoms with E-state index < -0.39 is 0 Å². The molecule has 3 aromatic rings. The molecule has 0 aromatic heterocycles. The molecule has 4 rings (SSSR count). The standard InChI is InChI=1S/C28H28N2O3/c1-17-10-11-19(3)23(14-17)29-26-25(21-13-12-18(2)20(4)15-21)27(31)30(28(26)32)16-22-8-6-7-9-24(22)33-5/h6-15,29H,16H2,1-5H3. The molecule has 0 radical (unpaired) electrons. The first-order chi connectivity index (χ1) is 15.8. The Balaban J connectivity index is 1.80. The number of carbonyl (C=O) groups excluding carboxylic acids is 2. The molecule has 33 heavy (non-hydrogen) atoms. The lowest BCUT2D eigenvalue weighted by molar-refractivity contribution is -0.137. The minimum Gasteiger partial charge on any atom is -0.496 e. The highest BCUT2D eigenvalue weighted by Gasteiger charge is 2.39. The highest BCUT2D eigenvalue weighted by atomic mass is 16.5. The first-order valence-corrected chi connectivity index (χ1v) is 10.9. The van der Waals surface area contributed by atoms with Crippen LogP contribution in [0.4, 0.5) is 5.69 Å². The summed E-state index contributed by atoms with van der Waals surface area (Å²) in [5.41, 5.74) is 7.26. The summed E-state index contributed by atoms with van der Waals surface area (Å²) in [5, 5.41) is 3.29. The van der Waals surface area contributed by atoms with E-state index in [-0.39, 0.29) is 18.4 Å². The number of nitrogens with one attached hydrogen (secondary N) is 1. The van der Waals surface area contributed by atoms with E-state index in [9.17, 15) is 9.59 Å². The van der Waals surface area contributed by atoms with Gasteiger partial charge in [0.05, 0.1) is 19.2 Å². The van der Waals surface area contributed by atoms with Gasteiger partial charge in [0, 0.05) is 11.3 Å². The van der Waals surface area contributed by atoms with E-state index in [4.69, 9.17) is 4.74 Å². The zero-order chi connectivity index (χ0) is 23.7. The minimum absolute atomic E-state index is 0.133. The number of aryl methyl sites for hydroxylation is 4. The number of carbonyl (C=O) groups is 2. The third kappa shape index (κ3) is 4.27. The van der Waals surface area contributed by atoms with Gasteiger partial charge in [-0.3, -0.25) is 14.5 Å². The fourth-order valence-corrected chi connectivity index (χ4v) is 4.01. The number of anilines is 1. The SMILES string of the molecule is COc1ccccc1CN1C(=O)C(Nc2cc(C)ccc2C)=C(c2ccc(C)c(C)c2)C1=O. The van der Waals surface area contributed by atoms with Crippen LogP contribution in [0.25, 0.3) is 5.57 Å². The van der Waals surface area contributed by atoms with Gasteiger partial charge in [-0.15, -0.1) is 0 Å². The number of amides is 2. The van der Waals surface area contributed by atoms with Crippen molar-refractivity contribution in [2.75, 3.05) is 12.4 Å². The number of hydrogen-bond donors (Lipinski definition) is 1. The molecule has 0 fully saturated rings. The van der Waals surface area contributed by atoms with Crippen LogP contribution in [0.2, 0.25) is 0 Å². The molecular weight excluding hydrogens is 412 g/mol. The topological polar surface area (TPSA) is 58.6 Å². The summed E-state index contributed by atoms with van der Waals surface area (Å²) in [7, 11) is 1.58. The molecule has 1 heterocycles. The van der Waals surface area contributed by atoms with Crippen LogP contribution in [0.15, 0.2) is 66.4 Å². The summed E-state index contributed by atoms with van der Waals surface area (Å²) in [6.07, 6.45) is 0. The van der Waals surface area contributed by atoms with Crippen molar-refractivity contribution in [1.29, 1.82) is 0 Å². The predicted molar refractivity (Wildman–Crippen MR) is 131 cm³/mol. The van der Waals surface area contributed by atoms with Gasteiger partial charge in [0.2, 0.25) is 0 Å². The van der Waals surface area contributed by atoms with Crippen molar-refractivity contribution in [3.8, 4) is 5.75 Å². The van der Waals surface area contributed by atoms with Gasteiger partial charge in [0.25, 0.3) is 11.8 Å². The number of hydrogen-bond acceptors (Lipinski definition) is 4. The lowest BCUT2D eigenvalue weighted by Gasteiger charge is -2.17. The van der Waals surface area contributed by atoms with Crippen molar-refractivity contribution in [2.45, 2.75) is 34.2 Å². The van der Waals surface area contributed by atoms with Gasteiger partial charge in [-0.2, -0.15) is 0 Å². The molecule has 5 nitrogen and oxygen atoms in total. The van der Waals surface area contributed by atoms with Crippen LogP contribution in [-0.4, -0.2) is 23.8 Å². The molecule has 0 bridgehead atoms. The van der Waals surface area contributed by atoms with Gasteiger partial charge in [-0.1, -0.05) is 48.5 Å².